The molecule has 0 atom stereocenters. The molecule has 0 bridgehead atoms. The molecule has 2 aromatic rings. The van der Waals surface area contributed by atoms with Crippen LogP contribution in [0.1, 0.15) is 35.0 Å². The minimum Gasteiger partial charge on any atom is -0.366 e. The van der Waals surface area contributed by atoms with Gasteiger partial charge in [-0.3, -0.25) is 4.79 Å². The Morgan fingerprint density at radius 2 is 1.89 bits per heavy atom. The third-order valence-corrected chi connectivity index (χ3v) is 4.09. The van der Waals surface area contributed by atoms with Gasteiger partial charge < -0.3 is 5.73 Å². The molecule has 94 valence electrons. The second kappa shape index (κ2) is 5.83. The predicted molar refractivity (Wildman–Crippen MR) is 76.9 cm³/mol. The number of rotatable bonds is 5. The van der Waals surface area contributed by atoms with E-state index in [0.717, 1.165) is 12.0 Å². The molecule has 0 unspecified atom stereocenters. The van der Waals surface area contributed by atoms with E-state index >= 15 is 0 Å². The number of carbonyl (C=O) groups excluding carboxylic acids is 1. The van der Waals surface area contributed by atoms with Gasteiger partial charge in [-0.25, -0.2) is 0 Å². The molecule has 1 aromatic heterocycles. The second-order valence-electron chi connectivity index (χ2n) is 4.31. The van der Waals surface area contributed by atoms with Gasteiger partial charge in [-0.2, -0.15) is 0 Å². The lowest BCUT2D eigenvalue weighted by Crippen LogP contribution is -2.10. The molecule has 1 amide bonds. The molecule has 0 fully saturated rings. The zero-order valence-electron chi connectivity index (χ0n) is 10.5. The SMILES string of the molecule is CCCCc1ccc(-c2ccc(C(N)=O)cc2)s1. The summed E-state index contributed by atoms with van der Waals surface area (Å²) >= 11 is 1.82. The van der Waals surface area contributed by atoms with Crippen molar-refractivity contribution in [2.45, 2.75) is 26.2 Å². The summed E-state index contributed by atoms with van der Waals surface area (Å²) in [5, 5.41) is 0. The molecule has 0 aliphatic heterocycles. The van der Waals surface area contributed by atoms with Gasteiger partial charge in [-0.15, -0.1) is 11.3 Å². The van der Waals surface area contributed by atoms with Crippen molar-refractivity contribution in [2.24, 2.45) is 5.73 Å². The van der Waals surface area contributed by atoms with E-state index in [2.05, 4.69) is 19.1 Å². The molecule has 18 heavy (non-hydrogen) atoms. The van der Waals surface area contributed by atoms with Crippen LogP contribution in [-0.2, 0) is 6.42 Å². The van der Waals surface area contributed by atoms with Crippen LogP contribution in [0.2, 0.25) is 0 Å². The molecule has 0 aliphatic rings. The van der Waals surface area contributed by atoms with E-state index in [1.807, 2.05) is 23.5 Å². The number of primary amides is 1. The van der Waals surface area contributed by atoms with E-state index in [0.29, 0.717) is 5.56 Å². The molecule has 3 heteroatoms. The zero-order chi connectivity index (χ0) is 13.0. The summed E-state index contributed by atoms with van der Waals surface area (Å²) in [6, 6.07) is 11.8. The summed E-state index contributed by atoms with van der Waals surface area (Å²) < 4.78 is 0. The summed E-state index contributed by atoms with van der Waals surface area (Å²) in [5.74, 6) is -0.378. The van der Waals surface area contributed by atoms with Crippen molar-refractivity contribution in [3.8, 4) is 10.4 Å². The van der Waals surface area contributed by atoms with Crippen molar-refractivity contribution >= 4 is 17.2 Å². The van der Waals surface area contributed by atoms with E-state index in [1.165, 1.54) is 22.6 Å². The topological polar surface area (TPSA) is 43.1 Å². The van der Waals surface area contributed by atoms with Crippen LogP contribution >= 0.6 is 11.3 Å². The molecule has 0 saturated heterocycles. The van der Waals surface area contributed by atoms with Crippen LogP contribution in [0.5, 0.6) is 0 Å². The molecule has 1 heterocycles. The summed E-state index contributed by atoms with van der Waals surface area (Å²) in [5.41, 5.74) is 6.93. The average molecular weight is 259 g/mol. The van der Waals surface area contributed by atoms with E-state index < -0.39 is 0 Å². The van der Waals surface area contributed by atoms with Gasteiger partial charge in [0, 0.05) is 15.3 Å². The molecular formula is C15H17NOS. The average Bonchev–Trinajstić information content (AvgIpc) is 2.85. The van der Waals surface area contributed by atoms with Crippen molar-refractivity contribution in [3.63, 3.8) is 0 Å². The maximum absolute atomic E-state index is 11.0. The molecule has 0 aliphatic carbocycles. The number of carbonyl (C=O) groups is 1. The van der Waals surface area contributed by atoms with Gasteiger partial charge in [0.25, 0.3) is 0 Å². The fourth-order valence-electron chi connectivity index (χ4n) is 1.82. The largest absolute Gasteiger partial charge is 0.366 e. The minimum atomic E-state index is -0.378. The fraction of sp³-hybridized carbons (Fsp3) is 0.267. The van der Waals surface area contributed by atoms with Gasteiger partial charge in [0.2, 0.25) is 5.91 Å². The normalized spacial score (nSPS) is 10.5. The molecule has 2 nitrogen and oxygen atoms in total. The highest BCUT2D eigenvalue weighted by Gasteiger charge is 2.04. The van der Waals surface area contributed by atoms with Crippen LogP contribution in [0, 0.1) is 0 Å². The fourth-order valence-corrected chi connectivity index (χ4v) is 2.87. The van der Waals surface area contributed by atoms with Gasteiger partial charge in [-0.1, -0.05) is 25.5 Å². The number of hydrogen-bond acceptors (Lipinski definition) is 2. The van der Waals surface area contributed by atoms with Crippen LogP contribution in [0.4, 0.5) is 0 Å². The number of aryl methyl sites for hydroxylation is 1. The number of benzene rings is 1. The van der Waals surface area contributed by atoms with Gasteiger partial charge in [-0.05, 0) is 42.7 Å². The lowest BCUT2D eigenvalue weighted by Gasteiger charge is -1.99. The monoisotopic (exact) mass is 259 g/mol. The molecular weight excluding hydrogens is 242 g/mol. The Bertz CT molecular complexity index is 528. The number of hydrogen-bond donors (Lipinski definition) is 1. The van der Waals surface area contributed by atoms with Gasteiger partial charge >= 0.3 is 0 Å². The standard InChI is InChI=1S/C15H17NOS/c1-2-3-4-13-9-10-14(18-13)11-5-7-12(8-6-11)15(16)17/h5-10H,2-4H2,1H3,(H2,16,17). The first-order chi connectivity index (χ1) is 8.70. The number of amides is 1. The van der Waals surface area contributed by atoms with Crippen LogP contribution in [-0.4, -0.2) is 5.91 Å². The van der Waals surface area contributed by atoms with E-state index in [9.17, 15) is 4.79 Å². The van der Waals surface area contributed by atoms with E-state index in [4.69, 9.17) is 5.73 Å². The first-order valence-corrected chi connectivity index (χ1v) is 7.01. The van der Waals surface area contributed by atoms with E-state index in [1.54, 1.807) is 12.1 Å². The Morgan fingerprint density at radius 3 is 2.50 bits per heavy atom. The van der Waals surface area contributed by atoms with E-state index in [-0.39, 0.29) is 5.91 Å². The van der Waals surface area contributed by atoms with Crippen molar-refractivity contribution in [1.29, 1.82) is 0 Å². The lowest BCUT2D eigenvalue weighted by atomic mass is 10.1. The van der Waals surface area contributed by atoms with Crippen molar-refractivity contribution in [1.82, 2.24) is 0 Å². The van der Waals surface area contributed by atoms with Gasteiger partial charge in [0.1, 0.15) is 0 Å². The Labute approximate surface area is 111 Å². The second-order valence-corrected chi connectivity index (χ2v) is 5.48. The maximum atomic E-state index is 11.0. The van der Waals surface area contributed by atoms with Crippen molar-refractivity contribution in [2.75, 3.05) is 0 Å². The Hall–Kier alpha value is -1.61. The number of nitrogens with two attached hydrogens (primary N) is 1. The molecule has 0 radical (unpaired) electrons. The molecule has 0 saturated carbocycles. The minimum absolute atomic E-state index is 0.378. The third kappa shape index (κ3) is 2.99. The highest BCUT2D eigenvalue weighted by Crippen LogP contribution is 2.29. The molecule has 2 rings (SSSR count). The van der Waals surface area contributed by atoms with Crippen molar-refractivity contribution < 1.29 is 4.79 Å². The summed E-state index contributed by atoms with van der Waals surface area (Å²) in [6.07, 6.45) is 3.61. The highest BCUT2D eigenvalue weighted by molar-refractivity contribution is 7.15. The summed E-state index contributed by atoms with van der Waals surface area (Å²) in [7, 11) is 0. The Morgan fingerprint density at radius 1 is 1.17 bits per heavy atom. The van der Waals surface area contributed by atoms with Crippen molar-refractivity contribution in [3.05, 3.63) is 46.8 Å². The third-order valence-electron chi connectivity index (χ3n) is 2.89. The van der Waals surface area contributed by atoms with Gasteiger partial charge in [0.15, 0.2) is 0 Å². The van der Waals surface area contributed by atoms with Crippen LogP contribution in [0.15, 0.2) is 36.4 Å². The molecule has 2 N–H and O–H groups in total. The van der Waals surface area contributed by atoms with Gasteiger partial charge in [0.05, 0.1) is 0 Å². The number of unbranched alkanes of at least 4 members (excludes halogenated alkanes) is 1. The van der Waals surface area contributed by atoms with Crippen LogP contribution in [0.25, 0.3) is 10.4 Å². The summed E-state index contributed by atoms with van der Waals surface area (Å²) in [4.78, 5) is 13.7. The molecule has 1 aromatic carbocycles. The van der Waals surface area contributed by atoms with Crippen LogP contribution < -0.4 is 5.73 Å². The summed E-state index contributed by atoms with van der Waals surface area (Å²) in [6.45, 7) is 2.21. The number of thiophene rings is 1. The quantitative estimate of drug-likeness (QED) is 0.870. The zero-order valence-corrected chi connectivity index (χ0v) is 11.3. The first kappa shape index (κ1) is 12.8. The first-order valence-electron chi connectivity index (χ1n) is 6.19. The highest BCUT2D eigenvalue weighted by atomic mass is 32.1. The molecule has 0 spiro atoms. The lowest BCUT2D eigenvalue weighted by molar-refractivity contribution is 0.100. The van der Waals surface area contributed by atoms with Crippen LogP contribution in [0.3, 0.4) is 0 Å². The Kier molecular flexibility index (Phi) is 4.15. The smallest absolute Gasteiger partial charge is 0.248 e. The Balaban J connectivity index is 2.15. The predicted octanol–water partition coefficient (Wildman–Crippen LogP) is 3.86. The maximum Gasteiger partial charge on any atom is 0.248 e.